The molecule has 0 saturated carbocycles. The number of methoxy groups -OCH3 is 2. The van der Waals surface area contributed by atoms with E-state index in [1.165, 1.54) is 14.2 Å². The van der Waals surface area contributed by atoms with Crippen LogP contribution in [0.1, 0.15) is 22.3 Å². The van der Waals surface area contributed by atoms with Gasteiger partial charge in [-0.15, -0.1) is 0 Å². The lowest BCUT2D eigenvalue weighted by Crippen LogP contribution is -2.42. The fourth-order valence-electron chi connectivity index (χ4n) is 6.51. The number of aromatic nitrogens is 2. The molecule has 1 aromatic heterocycles. The van der Waals surface area contributed by atoms with Gasteiger partial charge in [0, 0.05) is 46.0 Å². The predicted molar refractivity (Wildman–Crippen MR) is 182 cm³/mol. The Morgan fingerprint density at radius 1 is 0.617 bits per heavy atom. The summed E-state index contributed by atoms with van der Waals surface area (Å²) in [5.74, 6) is 6.07. The first-order chi connectivity index (χ1) is 23.0. The highest BCUT2D eigenvalue weighted by molar-refractivity contribution is 6.10. The van der Waals surface area contributed by atoms with E-state index in [1.807, 2.05) is 121 Å². The molecule has 6 heteroatoms. The number of hydrogen-bond acceptors (Lipinski definition) is 6. The van der Waals surface area contributed by atoms with Crippen LogP contribution in [-0.4, -0.2) is 36.1 Å². The zero-order valence-electron chi connectivity index (χ0n) is 26.0. The van der Waals surface area contributed by atoms with Gasteiger partial charge in [0.2, 0.25) is 0 Å². The third-order valence-corrected chi connectivity index (χ3v) is 8.72. The molecule has 5 aromatic carbocycles. The minimum Gasteiger partial charge on any atom is -0.468 e. The number of carbonyl (C=O) groups is 2. The van der Waals surface area contributed by atoms with E-state index in [4.69, 9.17) is 19.4 Å². The molecule has 0 amide bonds. The Morgan fingerprint density at radius 3 is 1.70 bits per heavy atom. The number of benzene rings is 5. The standard InChI is InChI=1S/C41H30N2O4/c1-46-39(44)41(40(45)47-2)25-32-31(24-23-27-15-7-3-8-16-27)34(28-17-9-4-10-18-28)35-36(29-19-11-5-12-20-29)42-38(30-21-13-6-14-22-30)43-37(35)33(32)26-41/h3-22H,25-26H2,1-2H3. The molecule has 1 aliphatic rings. The Hall–Kier alpha value is -6.06. The number of rotatable bonds is 5. The van der Waals surface area contributed by atoms with Crippen LogP contribution in [0.4, 0.5) is 0 Å². The van der Waals surface area contributed by atoms with Crippen LogP contribution in [0.15, 0.2) is 121 Å². The van der Waals surface area contributed by atoms with E-state index in [2.05, 4.69) is 11.8 Å². The number of nitrogens with zero attached hydrogens (tertiary/aromatic N) is 2. The van der Waals surface area contributed by atoms with Crippen molar-refractivity contribution < 1.29 is 19.1 Å². The Kier molecular flexibility index (Phi) is 7.81. The second-order valence-corrected chi connectivity index (χ2v) is 11.5. The number of fused-ring (bicyclic) bond motifs is 3. The van der Waals surface area contributed by atoms with Crippen LogP contribution in [0.3, 0.4) is 0 Å². The fraction of sp³-hybridized carbons (Fsp3) is 0.122. The first-order valence-electron chi connectivity index (χ1n) is 15.3. The number of ether oxygens (including phenoxy) is 2. The van der Waals surface area contributed by atoms with Crippen molar-refractivity contribution in [2.45, 2.75) is 12.8 Å². The van der Waals surface area contributed by atoms with Gasteiger partial charge in [-0.05, 0) is 28.8 Å². The lowest BCUT2D eigenvalue weighted by atomic mass is 9.84. The van der Waals surface area contributed by atoms with Crippen molar-refractivity contribution >= 4 is 22.8 Å². The van der Waals surface area contributed by atoms with Crippen LogP contribution in [0, 0.1) is 17.3 Å². The monoisotopic (exact) mass is 614 g/mol. The summed E-state index contributed by atoms with van der Waals surface area (Å²) in [6.45, 7) is 0. The maximum Gasteiger partial charge on any atom is 0.323 e. The van der Waals surface area contributed by atoms with Crippen LogP contribution in [0.5, 0.6) is 0 Å². The molecule has 0 fully saturated rings. The van der Waals surface area contributed by atoms with Crippen molar-refractivity contribution in [3.63, 3.8) is 0 Å². The van der Waals surface area contributed by atoms with Crippen molar-refractivity contribution in [2.75, 3.05) is 14.2 Å². The van der Waals surface area contributed by atoms with Crippen LogP contribution >= 0.6 is 0 Å². The average Bonchev–Trinajstić information content (AvgIpc) is 3.56. The lowest BCUT2D eigenvalue weighted by molar-refractivity contribution is -0.168. The Balaban J connectivity index is 1.68. The van der Waals surface area contributed by atoms with E-state index in [9.17, 15) is 9.59 Å². The average molecular weight is 615 g/mol. The molecule has 47 heavy (non-hydrogen) atoms. The highest BCUT2D eigenvalue weighted by Gasteiger charge is 2.54. The third-order valence-electron chi connectivity index (χ3n) is 8.72. The molecular formula is C41H30N2O4. The van der Waals surface area contributed by atoms with Gasteiger partial charge in [-0.1, -0.05) is 121 Å². The van der Waals surface area contributed by atoms with E-state index in [1.54, 1.807) is 0 Å². The third kappa shape index (κ3) is 5.22. The van der Waals surface area contributed by atoms with Gasteiger partial charge >= 0.3 is 11.9 Å². The molecule has 1 aliphatic carbocycles. The first-order valence-corrected chi connectivity index (χ1v) is 15.3. The normalized spacial score (nSPS) is 12.9. The molecule has 0 atom stereocenters. The zero-order chi connectivity index (χ0) is 32.4. The summed E-state index contributed by atoms with van der Waals surface area (Å²) in [6.07, 6.45) is 0.105. The quantitative estimate of drug-likeness (QED) is 0.114. The second kappa shape index (κ2) is 12.4. The Bertz CT molecular complexity index is 2170. The van der Waals surface area contributed by atoms with E-state index in [-0.39, 0.29) is 12.8 Å². The van der Waals surface area contributed by atoms with Crippen molar-refractivity contribution in [3.05, 3.63) is 144 Å². The molecule has 0 N–H and O–H groups in total. The number of esters is 2. The fourth-order valence-corrected chi connectivity index (χ4v) is 6.51. The summed E-state index contributed by atoms with van der Waals surface area (Å²) in [4.78, 5) is 37.6. The summed E-state index contributed by atoms with van der Waals surface area (Å²) in [5, 5.41) is 0.795. The van der Waals surface area contributed by atoms with Crippen LogP contribution in [0.2, 0.25) is 0 Å². The maximum atomic E-state index is 13.6. The Morgan fingerprint density at radius 2 is 1.13 bits per heavy atom. The zero-order valence-corrected chi connectivity index (χ0v) is 26.0. The topological polar surface area (TPSA) is 78.4 Å². The molecule has 0 spiro atoms. The lowest BCUT2D eigenvalue weighted by Gasteiger charge is -2.22. The van der Waals surface area contributed by atoms with Crippen LogP contribution < -0.4 is 0 Å². The van der Waals surface area contributed by atoms with Gasteiger partial charge in [-0.2, -0.15) is 0 Å². The molecule has 0 bridgehead atoms. The van der Waals surface area contributed by atoms with E-state index < -0.39 is 17.4 Å². The van der Waals surface area contributed by atoms with Gasteiger partial charge in [0.25, 0.3) is 0 Å². The first kappa shape index (κ1) is 29.6. The van der Waals surface area contributed by atoms with Gasteiger partial charge in [0.05, 0.1) is 25.4 Å². The van der Waals surface area contributed by atoms with Crippen molar-refractivity contribution in [3.8, 4) is 45.6 Å². The van der Waals surface area contributed by atoms with Gasteiger partial charge in [0.1, 0.15) is 0 Å². The maximum absolute atomic E-state index is 13.6. The Labute approximate surface area is 273 Å². The molecule has 6 nitrogen and oxygen atoms in total. The van der Waals surface area contributed by atoms with Crippen molar-refractivity contribution in [2.24, 2.45) is 5.41 Å². The molecule has 0 radical (unpaired) electrons. The molecule has 6 aromatic rings. The predicted octanol–water partition coefficient (Wildman–Crippen LogP) is 7.46. The molecule has 0 aliphatic heterocycles. The highest BCUT2D eigenvalue weighted by atomic mass is 16.5. The van der Waals surface area contributed by atoms with E-state index >= 15 is 0 Å². The van der Waals surface area contributed by atoms with E-state index in [0.717, 1.165) is 50.0 Å². The van der Waals surface area contributed by atoms with Crippen LogP contribution in [0.25, 0.3) is 44.7 Å². The van der Waals surface area contributed by atoms with Gasteiger partial charge < -0.3 is 9.47 Å². The summed E-state index contributed by atoms with van der Waals surface area (Å²) in [7, 11) is 2.59. The SMILES string of the molecule is COC(=O)C1(C(=O)OC)Cc2c(C#Cc3ccccc3)c(-c3ccccc3)c3c(-c4ccccc4)nc(-c4ccccc4)nc3c2C1. The minimum atomic E-state index is -1.60. The van der Waals surface area contributed by atoms with Crippen molar-refractivity contribution in [1.82, 2.24) is 9.97 Å². The number of hydrogen-bond donors (Lipinski definition) is 0. The molecule has 0 unspecified atom stereocenters. The molecule has 1 heterocycles. The molecular weight excluding hydrogens is 584 g/mol. The van der Waals surface area contributed by atoms with E-state index in [0.29, 0.717) is 16.9 Å². The van der Waals surface area contributed by atoms with Gasteiger partial charge in [0.15, 0.2) is 11.2 Å². The minimum absolute atomic E-state index is 0.0484. The van der Waals surface area contributed by atoms with Crippen LogP contribution in [-0.2, 0) is 31.9 Å². The molecule has 7 rings (SSSR count). The largest absolute Gasteiger partial charge is 0.468 e. The van der Waals surface area contributed by atoms with Gasteiger partial charge in [-0.25, -0.2) is 9.97 Å². The second-order valence-electron chi connectivity index (χ2n) is 11.5. The summed E-state index contributed by atoms with van der Waals surface area (Å²) >= 11 is 0. The van der Waals surface area contributed by atoms with Gasteiger partial charge in [-0.3, -0.25) is 9.59 Å². The molecule has 0 saturated heterocycles. The summed E-state index contributed by atoms with van der Waals surface area (Å²) in [5.41, 5.74) is 6.38. The highest BCUT2D eigenvalue weighted by Crippen LogP contribution is 2.49. The smallest absolute Gasteiger partial charge is 0.323 e. The summed E-state index contributed by atoms with van der Waals surface area (Å²) < 4.78 is 10.5. The summed E-state index contributed by atoms with van der Waals surface area (Å²) in [6, 6.07) is 39.5. The number of carbonyl (C=O) groups excluding carboxylic acids is 2. The van der Waals surface area contributed by atoms with Crippen molar-refractivity contribution in [1.29, 1.82) is 0 Å². The molecule has 228 valence electrons.